The lowest BCUT2D eigenvalue weighted by molar-refractivity contribution is -0.906. The Labute approximate surface area is 227 Å². The van der Waals surface area contributed by atoms with Crippen molar-refractivity contribution in [1.82, 2.24) is 0 Å². The molecule has 7 nitrogen and oxygen atoms in total. The van der Waals surface area contributed by atoms with E-state index in [1.807, 2.05) is 0 Å². The van der Waals surface area contributed by atoms with Crippen LogP contribution >= 0.6 is 0 Å². The molecule has 0 aliphatic rings. The third-order valence-electron chi connectivity index (χ3n) is 6.73. The lowest BCUT2D eigenvalue weighted by Crippen LogP contribution is -2.46. The van der Waals surface area contributed by atoms with E-state index in [4.69, 9.17) is 14.6 Å². The number of aliphatic hydroxyl groups excluding tert-OH is 1. The molecule has 8 heteroatoms. The number of quaternary nitrogens is 1. The second-order valence-electron chi connectivity index (χ2n) is 9.38. The number of carbonyl (C=O) groups is 2. The van der Waals surface area contributed by atoms with E-state index in [-0.39, 0.29) is 11.3 Å². The van der Waals surface area contributed by atoms with Crippen molar-refractivity contribution in [3.8, 4) is 5.75 Å². The smallest absolute Gasteiger partial charge is 0.338 e. The number of amides is 1. The fourth-order valence-corrected chi connectivity index (χ4v) is 3.76. The summed E-state index contributed by atoms with van der Waals surface area (Å²) in [5.41, 5.74) is 1.03. The van der Waals surface area contributed by atoms with Crippen molar-refractivity contribution in [3.63, 3.8) is 0 Å². The molecule has 2 aromatic carbocycles. The summed E-state index contributed by atoms with van der Waals surface area (Å²) in [4.78, 5) is 25.2. The maximum Gasteiger partial charge on any atom is 0.338 e. The van der Waals surface area contributed by atoms with Crippen LogP contribution in [0.4, 0.5) is 10.1 Å². The van der Waals surface area contributed by atoms with Crippen molar-refractivity contribution >= 4 is 17.6 Å². The van der Waals surface area contributed by atoms with Crippen LogP contribution in [0.2, 0.25) is 0 Å². The van der Waals surface area contributed by atoms with Crippen LogP contribution in [-0.4, -0.2) is 68.5 Å². The van der Waals surface area contributed by atoms with Crippen LogP contribution in [0.3, 0.4) is 0 Å². The molecule has 0 fully saturated rings. The van der Waals surface area contributed by atoms with Gasteiger partial charge in [-0.15, -0.1) is 0 Å². The molecular formula is C30H46FN2O5+. The van der Waals surface area contributed by atoms with E-state index in [0.29, 0.717) is 24.5 Å². The molecule has 0 aliphatic carbocycles. The zero-order valence-electron chi connectivity index (χ0n) is 23.7. The number of nitrogens with zero attached hydrogens (tertiary/aromatic N) is 1. The Balaban J connectivity index is 0.00000352. The molecule has 2 aromatic rings. The zero-order chi connectivity index (χ0) is 28.4. The van der Waals surface area contributed by atoms with E-state index in [9.17, 15) is 14.0 Å². The molecule has 0 saturated carbocycles. The Bertz CT molecular complexity index is 962. The first kappa shape index (κ1) is 33.1. The predicted molar refractivity (Wildman–Crippen MR) is 150 cm³/mol. The highest BCUT2D eigenvalue weighted by Gasteiger charge is 2.19. The second-order valence-corrected chi connectivity index (χ2v) is 9.38. The number of esters is 1. The minimum atomic E-state index is -0.562. The summed E-state index contributed by atoms with van der Waals surface area (Å²) in [6.45, 7) is 9.81. The van der Waals surface area contributed by atoms with Crippen LogP contribution in [-0.2, 0) is 4.74 Å². The SMILES string of the molecule is CCCCCCCCOc1c(F)cccc1C(=O)Nc1ccc(C(=O)OCC[N+](C)(CC)CC)cc1.CO. The minimum absolute atomic E-state index is 0.0340. The van der Waals surface area contributed by atoms with Crippen molar-refractivity contribution in [3.05, 3.63) is 59.4 Å². The van der Waals surface area contributed by atoms with E-state index in [1.54, 1.807) is 30.3 Å². The van der Waals surface area contributed by atoms with E-state index >= 15 is 0 Å². The molecule has 212 valence electrons. The van der Waals surface area contributed by atoms with Crippen molar-refractivity contribution in [1.29, 1.82) is 0 Å². The molecule has 0 aromatic heterocycles. The number of anilines is 1. The molecule has 0 aliphatic heterocycles. The van der Waals surface area contributed by atoms with Gasteiger partial charge in [-0.05, 0) is 56.7 Å². The summed E-state index contributed by atoms with van der Waals surface area (Å²) in [7, 11) is 3.13. The number of benzene rings is 2. The third-order valence-corrected chi connectivity index (χ3v) is 6.73. The van der Waals surface area contributed by atoms with Gasteiger partial charge in [-0.3, -0.25) is 4.79 Å². The number of ether oxygens (including phenoxy) is 2. The summed E-state index contributed by atoms with van der Waals surface area (Å²) in [5.74, 6) is -1.47. The molecule has 0 radical (unpaired) electrons. The lowest BCUT2D eigenvalue weighted by atomic mass is 10.1. The molecular weight excluding hydrogens is 487 g/mol. The maximum absolute atomic E-state index is 14.4. The van der Waals surface area contributed by atoms with Gasteiger partial charge in [0.2, 0.25) is 0 Å². The van der Waals surface area contributed by atoms with Crippen molar-refractivity contribution in [2.45, 2.75) is 59.3 Å². The van der Waals surface area contributed by atoms with Gasteiger partial charge in [-0.1, -0.05) is 45.1 Å². The fraction of sp³-hybridized carbons (Fsp3) is 0.533. The number of para-hydroxylation sites is 1. The summed E-state index contributed by atoms with van der Waals surface area (Å²) in [6.07, 6.45) is 6.55. The Morgan fingerprint density at radius 3 is 2.16 bits per heavy atom. The molecule has 1 amide bonds. The summed E-state index contributed by atoms with van der Waals surface area (Å²) >= 11 is 0. The van der Waals surface area contributed by atoms with E-state index in [0.717, 1.165) is 50.5 Å². The normalized spacial score (nSPS) is 10.8. The fourth-order valence-electron chi connectivity index (χ4n) is 3.76. The lowest BCUT2D eigenvalue weighted by Gasteiger charge is -2.31. The van der Waals surface area contributed by atoms with Crippen molar-refractivity contribution < 1.29 is 33.0 Å². The first-order valence-corrected chi connectivity index (χ1v) is 13.6. The number of aliphatic hydroxyl groups is 1. The first-order valence-electron chi connectivity index (χ1n) is 13.6. The summed E-state index contributed by atoms with van der Waals surface area (Å²) in [6, 6.07) is 10.8. The monoisotopic (exact) mass is 533 g/mol. The second kappa shape index (κ2) is 18.3. The van der Waals surface area contributed by atoms with Crippen LogP contribution in [0, 0.1) is 5.82 Å². The summed E-state index contributed by atoms with van der Waals surface area (Å²) < 4.78 is 26.4. The molecule has 0 unspecified atom stereocenters. The van der Waals surface area contributed by atoms with Gasteiger partial charge in [-0.2, -0.15) is 0 Å². The Hall–Kier alpha value is -2.97. The van der Waals surface area contributed by atoms with Crippen LogP contribution in [0.1, 0.15) is 80.0 Å². The van der Waals surface area contributed by atoms with E-state index < -0.39 is 17.7 Å². The quantitative estimate of drug-likeness (QED) is 0.155. The van der Waals surface area contributed by atoms with Gasteiger partial charge in [0.1, 0.15) is 13.2 Å². The molecule has 0 spiro atoms. The number of nitrogens with one attached hydrogen (secondary N) is 1. The van der Waals surface area contributed by atoms with Crippen molar-refractivity contribution in [2.24, 2.45) is 0 Å². The Kier molecular flexibility index (Phi) is 15.9. The van der Waals surface area contributed by atoms with Gasteiger partial charge in [0.15, 0.2) is 11.6 Å². The minimum Gasteiger partial charge on any atom is -0.490 e. The number of halogens is 1. The largest absolute Gasteiger partial charge is 0.490 e. The van der Waals surface area contributed by atoms with E-state index in [2.05, 4.69) is 33.1 Å². The van der Waals surface area contributed by atoms with Crippen LogP contribution in [0.5, 0.6) is 5.75 Å². The number of unbranched alkanes of at least 4 members (excludes halogenated alkanes) is 5. The average Bonchev–Trinajstić information content (AvgIpc) is 2.94. The van der Waals surface area contributed by atoms with Gasteiger partial charge in [-0.25, -0.2) is 9.18 Å². The third kappa shape index (κ3) is 11.2. The van der Waals surface area contributed by atoms with Gasteiger partial charge >= 0.3 is 5.97 Å². The Morgan fingerprint density at radius 1 is 0.895 bits per heavy atom. The van der Waals surface area contributed by atoms with Crippen molar-refractivity contribution in [2.75, 3.05) is 52.3 Å². The average molecular weight is 534 g/mol. The highest BCUT2D eigenvalue weighted by atomic mass is 19.1. The highest BCUT2D eigenvalue weighted by Crippen LogP contribution is 2.24. The number of hydrogen-bond acceptors (Lipinski definition) is 5. The molecule has 38 heavy (non-hydrogen) atoms. The predicted octanol–water partition coefficient (Wildman–Crippen LogP) is 6.07. The Morgan fingerprint density at radius 2 is 1.53 bits per heavy atom. The van der Waals surface area contributed by atoms with Gasteiger partial charge in [0.25, 0.3) is 5.91 Å². The number of likely N-dealkylation sites (N-methyl/N-ethyl adjacent to an activating group) is 1. The van der Waals surface area contributed by atoms with Gasteiger partial charge in [0, 0.05) is 12.8 Å². The molecule has 0 bridgehead atoms. The number of hydrogen-bond donors (Lipinski definition) is 2. The maximum atomic E-state index is 14.4. The molecule has 0 saturated heterocycles. The molecule has 2 rings (SSSR count). The number of rotatable bonds is 16. The van der Waals surface area contributed by atoms with E-state index in [1.165, 1.54) is 31.4 Å². The standard InChI is InChI=1S/C29H41FN2O4.CH4O/c1-5-8-9-10-11-12-21-35-27-25(14-13-15-26(27)30)28(33)31-24-18-16-23(17-19-24)29(34)36-22-20-32(4,6-2)7-3;1-2/h13-19H,5-12,20-22H2,1-4H3;2H,1H3/p+1. The van der Waals surface area contributed by atoms with Crippen LogP contribution in [0.15, 0.2) is 42.5 Å². The molecule has 2 N–H and O–H groups in total. The van der Waals surface area contributed by atoms with Gasteiger partial charge in [0.05, 0.1) is 37.9 Å². The first-order chi connectivity index (χ1) is 18.3. The van der Waals surface area contributed by atoms with Gasteiger partial charge < -0.3 is 24.4 Å². The van der Waals surface area contributed by atoms with Crippen LogP contribution in [0.25, 0.3) is 0 Å². The zero-order valence-corrected chi connectivity index (χ0v) is 23.7. The summed E-state index contributed by atoms with van der Waals surface area (Å²) in [5, 5.41) is 9.75. The number of carbonyl (C=O) groups excluding carboxylic acids is 2. The molecule has 0 atom stereocenters. The molecule has 0 heterocycles. The van der Waals surface area contributed by atoms with Crippen LogP contribution < -0.4 is 10.1 Å². The topological polar surface area (TPSA) is 84.9 Å². The highest BCUT2D eigenvalue weighted by molar-refractivity contribution is 6.06.